The molecule has 1 aliphatic rings. The van der Waals surface area contributed by atoms with Crippen LogP contribution in [0.5, 0.6) is 5.75 Å². The summed E-state index contributed by atoms with van der Waals surface area (Å²) in [6.45, 7) is 3.98. The van der Waals surface area contributed by atoms with E-state index >= 15 is 0 Å². The fourth-order valence-electron chi connectivity index (χ4n) is 3.63. The molecular weight excluding hydrogens is 340 g/mol. The molecule has 1 fully saturated rings. The van der Waals surface area contributed by atoms with Crippen LogP contribution >= 0.6 is 0 Å². The number of aromatic nitrogens is 4. The number of nitrogen functional groups attached to an aromatic ring is 1. The molecule has 0 atom stereocenters. The Hall–Kier alpha value is -2.96. The molecule has 2 aromatic heterocycles. The Morgan fingerprint density at radius 3 is 2.41 bits per heavy atom. The lowest BCUT2D eigenvalue weighted by Gasteiger charge is -2.29. The van der Waals surface area contributed by atoms with Crippen molar-refractivity contribution in [1.29, 1.82) is 0 Å². The molecule has 2 heterocycles. The third-order valence-corrected chi connectivity index (χ3v) is 4.84. The summed E-state index contributed by atoms with van der Waals surface area (Å²) in [6, 6.07) is 6.00. The molecule has 4 rings (SSSR count). The van der Waals surface area contributed by atoms with Gasteiger partial charge in [-0.15, -0.1) is 0 Å². The highest BCUT2D eigenvalue weighted by molar-refractivity contribution is 5.84. The van der Waals surface area contributed by atoms with Gasteiger partial charge in [-0.25, -0.2) is 15.0 Å². The minimum atomic E-state index is 0.148. The van der Waals surface area contributed by atoms with Gasteiger partial charge in [0.1, 0.15) is 11.3 Å². The highest BCUT2D eigenvalue weighted by Crippen LogP contribution is 2.30. The van der Waals surface area contributed by atoms with Crippen LogP contribution in [0.15, 0.2) is 30.6 Å². The minimum absolute atomic E-state index is 0.148. The van der Waals surface area contributed by atoms with E-state index in [0.29, 0.717) is 23.4 Å². The van der Waals surface area contributed by atoms with Gasteiger partial charge in [-0.05, 0) is 51.7 Å². The molecule has 0 saturated heterocycles. The Bertz CT molecular complexity index is 932. The van der Waals surface area contributed by atoms with E-state index in [1.165, 1.54) is 0 Å². The summed E-state index contributed by atoms with van der Waals surface area (Å²) >= 11 is 0. The normalized spacial score (nSPS) is 19.8. The van der Waals surface area contributed by atoms with Crippen LogP contribution < -0.4 is 15.8 Å². The number of nitrogens with one attached hydrogen (secondary N) is 1. The maximum atomic E-state index is 6.24. The van der Waals surface area contributed by atoms with Crippen LogP contribution in [0.4, 0.5) is 11.6 Å². The number of fused-ring (bicyclic) bond motifs is 1. The first-order chi connectivity index (χ1) is 13.1. The summed E-state index contributed by atoms with van der Waals surface area (Å²) in [5.74, 6) is 1.43. The number of benzene rings is 1. The average Bonchev–Trinajstić information content (AvgIpc) is 2.62. The van der Waals surface area contributed by atoms with E-state index in [1.807, 2.05) is 32.0 Å². The molecule has 7 heteroatoms. The summed E-state index contributed by atoms with van der Waals surface area (Å²) in [5, 5.41) is 3.47. The van der Waals surface area contributed by atoms with Crippen LogP contribution in [0.25, 0.3) is 11.0 Å². The third kappa shape index (κ3) is 4.07. The predicted octanol–water partition coefficient (Wildman–Crippen LogP) is 3.42. The van der Waals surface area contributed by atoms with E-state index in [4.69, 9.17) is 10.5 Å². The van der Waals surface area contributed by atoms with Crippen molar-refractivity contribution in [3.63, 3.8) is 0 Å². The van der Waals surface area contributed by atoms with Crippen LogP contribution in [-0.2, 0) is 0 Å². The zero-order chi connectivity index (χ0) is 18.8. The summed E-state index contributed by atoms with van der Waals surface area (Å²) < 4.78 is 6.24. The summed E-state index contributed by atoms with van der Waals surface area (Å²) in [7, 11) is 0. The number of rotatable bonds is 4. The Labute approximate surface area is 158 Å². The van der Waals surface area contributed by atoms with Gasteiger partial charge in [-0.1, -0.05) is 0 Å². The second kappa shape index (κ2) is 7.34. The number of hydrogen-bond acceptors (Lipinski definition) is 7. The summed E-state index contributed by atoms with van der Waals surface area (Å²) in [6.07, 6.45) is 7.42. The molecule has 0 amide bonds. The molecule has 0 radical (unpaired) electrons. The fourth-order valence-corrected chi connectivity index (χ4v) is 3.63. The first-order valence-electron chi connectivity index (χ1n) is 9.32. The smallest absolute Gasteiger partial charge is 0.223 e. The van der Waals surface area contributed by atoms with Gasteiger partial charge in [-0.3, -0.25) is 4.98 Å². The van der Waals surface area contributed by atoms with Crippen molar-refractivity contribution in [2.45, 2.75) is 51.7 Å². The van der Waals surface area contributed by atoms with E-state index in [9.17, 15) is 0 Å². The van der Waals surface area contributed by atoms with Gasteiger partial charge in [0.05, 0.1) is 11.6 Å². The van der Waals surface area contributed by atoms with Crippen molar-refractivity contribution >= 4 is 22.7 Å². The van der Waals surface area contributed by atoms with Crippen LogP contribution in [0, 0.1) is 13.8 Å². The van der Waals surface area contributed by atoms with Crippen molar-refractivity contribution in [2.75, 3.05) is 11.1 Å². The van der Waals surface area contributed by atoms with E-state index in [0.717, 1.165) is 48.1 Å². The van der Waals surface area contributed by atoms with E-state index in [2.05, 4.69) is 25.3 Å². The standard InChI is InChI=1S/C20H24N6O/c1-12-9-13(2)25-20(24-12)26-15-3-5-16(6-4-15)27-18-11-14(21)10-17-19(18)23-8-7-22-17/h7-11,15-16H,3-6,21H2,1-2H3,(H,24,25,26). The zero-order valence-electron chi connectivity index (χ0n) is 15.6. The molecule has 1 saturated carbocycles. The number of ether oxygens (including phenoxy) is 1. The van der Waals surface area contributed by atoms with E-state index in [1.54, 1.807) is 12.4 Å². The molecule has 1 aromatic carbocycles. The Morgan fingerprint density at radius 2 is 1.67 bits per heavy atom. The van der Waals surface area contributed by atoms with Gasteiger partial charge in [0.2, 0.25) is 5.95 Å². The topological polar surface area (TPSA) is 98.8 Å². The van der Waals surface area contributed by atoms with Crippen LogP contribution in [-0.4, -0.2) is 32.1 Å². The lowest BCUT2D eigenvalue weighted by molar-refractivity contribution is 0.152. The molecule has 1 aliphatic carbocycles. The Kier molecular flexibility index (Phi) is 4.75. The summed E-state index contributed by atoms with van der Waals surface area (Å²) in [5.41, 5.74) is 10.1. The second-order valence-electron chi connectivity index (χ2n) is 7.15. The number of nitrogens with zero attached hydrogens (tertiary/aromatic N) is 4. The molecule has 0 bridgehead atoms. The van der Waals surface area contributed by atoms with Crippen LogP contribution in [0.3, 0.4) is 0 Å². The quantitative estimate of drug-likeness (QED) is 0.684. The second-order valence-corrected chi connectivity index (χ2v) is 7.15. The maximum Gasteiger partial charge on any atom is 0.223 e. The molecule has 27 heavy (non-hydrogen) atoms. The van der Waals surface area contributed by atoms with Gasteiger partial charge in [0.25, 0.3) is 0 Å². The van der Waals surface area contributed by atoms with Crippen LogP contribution in [0.1, 0.15) is 37.1 Å². The lowest BCUT2D eigenvalue weighted by atomic mass is 9.93. The molecule has 140 valence electrons. The molecule has 3 aromatic rings. The van der Waals surface area contributed by atoms with Crippen molar-refractivity contribution in [1.82, 2.24) is 19.9 Å². The average molecular weight is 364 g/mol. The first-order valence-corrected chi connectivity index (χ1v) is 9.32. The van der Waals surface area contributed by atoms with Crippen molar-refractivity contribution in [3.8, 4) is 5.75 Å². The monoisotopic (exact) mass is 364 g/mol. The Balaban J connectivity index is 1.40. The van der Waals surface area contributed by atoms with Gasteiger partial charge >= 0.3 is 0 Å². The number of nitrogens with two attached hydrogens (primary N) is 1. The highest BCUT2D eigenvalue weighted by atomic mass is 16.5. The third-order valence-electron chi connectivity index (χ3n) is 4.84. The van der Waals surface area contributed by atoms with Crippen molar-refractivity contribution in [2.24, 2.45) is 0 Å². The fraction of sp³-hybridized carbons (Fsp3) is 0.400. The lowest BCUT2D eigenvalue weighted by Crippen LogP contribution is -2.32. The van der Waals surface area contributed by atoms with Crippen LogP contribution in [0.2, 0.25) is 0 Å². The largest absolute Gasteiger partial charge is 0.488 e. The zero-order valence-corrected chi connectivity index (χ0v) is 15.6. The van der Waals surface area contributed by atoms with E-state index < -0.39 is 0 Å². The molecule has 0 unspecified atom stereocenters. The van der Waals surface area contributed by atoms with Gasteiger partial charge < -0.3 is 15.8 Å². The van der Waals surface area contributed by atoms with Gasteiger partial charge in [0.15, 0.2) is 0 Å². The summed E-state index contributed by atoms with van der Waals surface area (Å²) in [4.78, 5) is 17.7. The molecular formula is C20H24N6O. The maximum absolute atomic E-state index is 6.24. The number of hydrogen-bond donors (Lipinski definition) is 2. The molecule has 3 N–H and O–H groups in total. The van der Waals surface area contributed by atoms with Crippen molar-refractivity contribution in [3.05, 3.63) is 42.0 Å². The van der Waals surface area contributed by atoms with E-state index in [-0.39, 0.29) is 6.10 Å². The number of aryl methyl sites for hydroxylation is 2. The highest BCUT2D eigenvalue weighted by Gasteiger charge is 2.24. The molecule has 7 nitrogen and oxygen atoms in total. The van der Waals surface area contributed by atoms with Gasteiger partial charge in [-0.2, -0.15) is 0 Å². The number of anilines is 2. The SMILES string of the molecule is Cc1cc(C)nc(NC2CCC(Oc3cc(N)cc4nccnc34)CC2)n1. The minimum Gasteiger partial charge on any atom is -0.488 e. The molecule has 0 spiro atoms. The molecule has 0 aliphatic heterocycles. The van der Waals surface area contributed by atoms with Crippen molar-refractivity contribution < 1.29 is 4.74 Å². The van der Waals surface area contributed by atoms with Gasteiger partial charge in [0, 0.05) is 41.6 Å². The Morgan fingerprint density at radius 1 is 0.963 bits per heavy atom. The predicted molar refractivity (Wildman–Crippen MR) is 106 cm³/mol. The first kappa shape index (κ1) is 17.5.